The molecule has 6 nitrogen and oxygen atoms in total. The molecule has 0 radical (unpaired) electrons. The lowest BCUT2D eigenvalue weighted by molar-refractivity contribution is -0.306. The number of rotatable bonds is 2. The average molecular weight is 247 g/mol. The van der Waals surface area contributed by atoms with E-state index in [1.165, 1.54) is 0 Å². The smallest absolute Gasteiger partial charge is 0.163 e. The van der Waals surface area contributed by atoms with Gasteiger partial charge in [0, 0.05) is 12.1 Å². The molecule has 0 amide bonds. The highest BCUT2D eigenvalue weighted by Gasteiger charge is 2.16. The predicted molar refractivity (Wildman–Crippen MR) is 60.5 cm³/mol. The number of hydrogen-bond acceptors (Lipinski definition) is 5. The number of aromatic nitrogens is 2. The third-order valence-electron chi connectivity index (χ3n) is 2.89. The molecular formula is C12H11N2O4-. The van der Waals surface area contributed by atoms with Gasteiger partial charge in [-0.3, -0.25) is 0 Å². The second-order valence-corrected chi connectivity index (χ2v) is 4.10. The highest BCUT2D eigenvalue weighted by atomic mass is 16.6. The van der Waals surface area contributed by atoms with Crippen LogP contribution in [0, 0.1) is 6.92 Å². The Hall–Kier alpha value is -2.24. The summed E-state index contributed by atoms with van der Waals surface area (Å²) in [6.07, 6.45) is 0. The number of imidazole rings is 1. The number of carboxylic acids is 1. The maximum atomic E-state index is 10.7. The quantitative estimate of drug-likeness (QED) is 0.738. The largest absolute Gasteiger partial charge is 0.548 e. The van der Waals surface area contributed by atoms with Crippen LogP contribution in [0.25, 0.3) is 11.0 Å². The molecule has 0 spiro atoms. The number of hydrogen-bond donors (Lipinski definition) is 0. The van der Waals surface area contributed by atoms with E-state index in [1.54, 1.807) is 23.6 Å². The van der Waals surface area contributed by atoms with Crippen LogP contribution in [0.4, 0.5) is 0 Å². The van der Waals surface area contributed by atoms with E-state index in [0.717, 1.165) is 0 Å². The first-order valence-corrected chi connectivity index (χ1v) is 5.61. The summed E-state index contributed by atoms with van der Waals surface area (Å²) in [5.41, 5.74) is 1.40. The van der Waals surface area contributed by atoms with Gasteiger partial charge in [-0.1, -0.05) is 0 Å². The standard InChI is InChI=1S/C12H12N2O4/c1-7-13-8-4-10-11(18-3-2-17-10)5-9(8)14(7)6-12(15)16/h4-5H,2-3,6H2,1H3,(H,15,16)/p-1. The molecular weight excluding hydrogens is 236 g/mol. The Balaban J connectivity index is 2.18. The van der Waals surface area contributed by atoms with Crippen molar-refractivity contribution in [1.29, 1.82) is 0 Å². The van der Waals surface area contributed by atoms with Crippen LogP contribution in [-0.4, -0.2) is 28.7 Å². The van der Waals surface area contributed by atoms with Gasteiger partial charge in [0.25, 0.3) is 0 Å². The van der Waals surface area contributed by atoms with Crippen LogP contribution in [0.15, 0.2) is 12.1 Å². The molecule has 2 heterocycles. The first kappa shape index (κ1) is 10.9. The van der Waals surface area contributed by atoms with Gasteiger partial charge < -0.3 is 23.9 Å². The van der Waals surface area contributed by atoms with E-state index in [0.29, 0.717) is 41.6 Å². The third kappa shape index (κ3) is 1.66. The minimum Gasteiger partial charge on any atom is -0.548 e. The number of carbonyl (C=O) groups is 1. The van der Waals surface area contributed by atoms with E-state index in [4.69, 9.17) is 9.47 Å². The lowest BCUT2D eigenvalue weighted by Gasteiger charge is -2.18. The van der Waals surface area contributed by atoms with Crippen molar-refractivity contribution in [2.75, 3.05) is 13.2 Å². The van der Waals surface area contributed by atoms with Crippen LogP contribution < -0.4 is 14.6 Å². The van der Waals surface area contributed by atoms with E-state index < -0.39 is 5.97 Å². The predicted octanol–water partition coefficient (Wildman–Crippen LogP) is -0.134. The number of fused-ring (bicyclic) bond motifs is 2. The topological polar surface area (TPSA) is 76.4 Å². The van der Waals surface area contributed by atoms with Crippen molar-refractivity contribution >= 4 is 17.0 Å². The monoisotopic (exact) mass is 247 g/mol. The van der Waals surface area contributed by atoms with Gasteiger partial charge in [0.1, 0.15) is 19.0 Å². The third-order valence-corrected chi connectivity index (χ3v) is 2.89. The van der Waals surface area contributed by atoms with Gasteiger partial charge in [-0.15, -0.1) is 0 Å². The minimum absolute atomic E-state index is 0.220. The summed E-state index contributed by atoms with van der Waals surface area (Å²) in [5, 5.41) is 10.7. The molecule has 1 aromatic carbocycles. The van der Waals surface area contributed by atoms with Gasteiger partial charge in [-0.05, 0) is 6.92 Å². The number of nitrogens with zero attached hydrogens (tertiary/aromatic N) is 2. The molecule has 0 aliphatic carbocycles. The molecule has 2 aromatic rings. The first-order valence-electron chi connectivity index (χ1n) is 5.61. The number of carboxylic acid groups (broad SMARTS) is 1. The average Bonchev–Trinajstić information content (AvgIpc) is 2.62. The highest BCUT2D eigenvalue weighted by Crippen LogP contribution is 2.34. The number of aliphatic carboxylic acids is 1. The van der Waals surface area contributed by atoms with Crippen molar-refractivity contribution in [2.45, 2.75) is 13.5 Å². The second kappa shape index (κ2) is 3.90. The molecule has 0 N–H and O–H groups in total. The molecule has 0 fully saturated rings. The van der Waals surface area contributed by atoms with Crippen LogP contribution in [0.1, 0.15) is 5.82 Å². The molecule has 94 valence electrons. The number of carbonyl (C=O) groups excluding carboxylic acids is 1. The Morgan fingerprint density at radius 1 is 1.39 bits per heavy atom. The molecule has 1 aliphatic rings. The Labute approximate surface area is 103 Å². The first-order chi connectivity index (χ1) is 8.65. The number of ether oxygens (including phenoxy) is 2. The maximum absolute atomic E-state index is 10.7. The molecule has 1 aromatic heterocycles. The van der Waals surface area contributed by atoms with Crippen LogP contribution >= 0.6 is 0 Å². The summed E-state index contributed by atoms with van der Waals surface area (Å²) >= 11 is 0. The lowest BCUT2D eigenvalue weighted by Crippen LogP contribution is -2.27. The number of benzene rings is 1. The Bertz CT molecular complexity index is 633. The minimum atomic E-state index is -1.15. The lowest BCUT2D eigenvalue weighted by atomic mass is 10.2. The van der Waals surface area contributed by atoms with Gasteiger partial charge >= 0.3 is 0 Å². The summed E-state index contributed by atoms with van der Waals surface area (Å²) in [7, 11) is 0. The van der Waals surface area contributed by atoms with Crippen LogP contribution in [0.3, 0.4) is 0 Å². The molecule has 0 atom stereocenters. The molecule has 0 unspecified atom stereocenters. The van der Waals surface area contributed by atoms with Gasteiger partial charge in [0.05, 0.1) is 23.5 Å². The van der Waals surface area contributed by atoms with Gasteiger partial charge in [0.15, 0.2) is 11.5 Å². The van der Waals surface area contributed by atoms with Gasteiger partial charge in [-0.2, -0.15) is 0 Å². The van der Waals surface area contributed by atoms with Gasteiger partial charge in [0.2, 0.25) is 0 Å². The zero-order valence-electron chi connectivity index (χ0n) is 9.80. The van der Waals surface area contributed by atoms with E-state index in [2.05, 4.69) is 4.98 Å². The van der Waals surface area contributed by atoms with Crippen LogP contribution in [0.5, 0.6) is 11.5 Å². The second-order valence-electron chi connectivity index (χ2n) is 4.10. The van der Waals surface area contributed by atoms with E-state index >= 15 is 0 Å². The number of aryl methyl sites for hydroxylation is 1. The Morgan fingerprint density at radius 3 is 2.72 bits per heavy atom. The van der Waals surface area contributed by atoms with Crippen molar-refractivity contribution in [1.82, 2.24) is 9.55 Å². The fourth-order valence-electron chi connectivity index (χ4n) is 2.11. The van der Waals surface area contributed by atoms with Crippen molar-refractivity contribution in [3.05, 3.63) is 18.0 Å². The maximum Gasteiger partial charge on any atom is 0.163 e. The van der Waals surface area contributed by atoms with Crippen LogP contribution in [-0.2, 0) is 11.3 Å². The summed E-state index contributed by atoms with van der Waals surface area (Å²) in [6.45, 7) is 2.54. The van der Waals surface area contributed by atoms with Crippen molar-refractivity contribution in [3.63, 3.8) is 0 Å². The fraction of sp³-hybridized carbons (Fsp3) is 0.333. The summed E-state index contributed by atoms with van der Waals surface area (Å²) < 4.78 is 12.5. The molecule has 18 heavy (non-hydrogen) atoms. The fourth-order valence-corrected chi connectivity index (χ4v) is 2.11. The zero-order valence-corrected chi connectivity index (χ0v) is 9.80. The van der Waals surface area contributed by atoms with E-state index in [1.807, 2.05) is 0 Å². The van der Waals surface area contributed by atoms with Crippen molar-refractivity contribution in [2.24, 2.45) is 0 Å². The summed E-state index contributed by atoms with van der Waals surface area (Å²) in [6, 6.07) is 3.52. The Morgan fingerprint density at radius 2 is 2.06 bits per heavy atom. The van der Waals surface area contributed by atoms with Crippen molar-refractivity contribution in [3.8, 4) is 11.5 Å². The molecule has 0 saturated carbocycles. The van der Waals surface area contributed by atoms with Crippen molar-refractivity contribution < 1.29 is 19.4 Å². The van der Waals surface area contributed by atoms with Gasteiger partial charge in [-0.25, -0.2) is 4.98 Å². The highest BCUT2D eigenvalue weighted by molar-refractivity contribution is 5.82. The van der Waals surface area contributed by atoms with Crippen LogP contribution in [0.2, 0.25) is 0 Å². The molecule has 0 saturated heterocycles. The Kier molecular flexibility index (Phi) is 2.36. The zero-order chi connectivity index (χ0) is 12.7. The van der Waals surface area contributed by atoms with E-state index in [9.17, 15) is 9.90 Å². The molecule has 3 rings (SSSR count). The SMILES string of the molecule is Cc1nc2cc3c(cc2n1CC(=O)[O-])OCCO3. The molecule has 0 bridgehead atoms. The van der Waals surface area contributed by atoms with E-state index in [-0.39, 0.29) is 6.54 Å². The summed E-state index contributed by atoms with van der Waals surface area (Å²) in [4.78, 5) is 15.0. The summed E-state index contributed by atoms with van der Waals surface area (Å²) in [5.74, 6) is 0.740. The normalized spacial score (nSPS) is 13.8. The molecule has 1 aliphatic heterocycles. The molecule has 6 heteroatoms.